The molecular formula is C27H30ClN3O5. The fourth-order valence-electron chi connectivity index (χ4n) is 4.26. The van der Waals surface area contributed by atoms with Gasteiger partial charge >= 0.3 is 5.97 Å². The lowest BCUT2D eigenvalue weighted by molar-refractivity contribution is -0.141. The maximum atomic E-state index is 12.0. The Morgan fingerprint density at radius 3 is 2.64 bits per heavy atom. The number of carbonyl (C=O) groups excluding carboxylic acids is 3. The second-order valence-corrected chi connectivity index (χ2v) is 9.43. The van der Waals surface area contributed by atoms with Gasteiger partial charge in [0.1, 0.15) is 6.54 Å². The number of amides is 2. The lowest BCUT2D eigenvalue weighted by Crippen LogP contribution is -2.30. The predicted octanol–water partition coefficient (Wildman–Crippen LogP) is 3.55. The van der Waals surface area contributed by atoms with Gasteiger partial charge in [0, 0.05) is 35.0 Å². The molecule has 1 aliphatic heterocycles. The number of carbonyl (C=O) groups is 3. The van der Waals surface area contributed by atoms with E-state index in [-0.39, 0.29) is 30.8 Å². The molecule has 4 rings (SSSR count). The van der Waals surface area contributed by atoms with Gasteiger partial charge in [0.2, 0.25) is 17.7 Å². The highest BCUT2D eigenvalue weighted by atomic mass is 35.5. The molecule has 0 unspecified atom stereocenters. The summed E-state index contributed by atoms with van der Waals surface area (Å²) in [7, 11) is 2.90. The number of methoxy groups -OCH3 is 2. The predicted molar refractivity (Wildman–Crippen MR) is 136 cm³/mol. The number of aryl methyl sites for hydroxylation is 1. The van der Waals surface area contributed by atoms with Crippen LogP contribution in [-0.4, -0.2) is 49.6 Å². The summed E-state index contributed by atoms with van der Waals surface area (Å²) in [4.78, 5) is 39.9. The van der Waals surface area contributed by atoms with Crippen molar-refractivity contribution in [1.29, 1.82) is 0 Å². The topological polar surface area (TPSA) is 107 Å². The van der Waals surface area contributed by atoms with Crippen LogP contribution in [0.3, 0.4) is 0 Å². The van der Waals surface area contributed by atoms with Gasteiger partial charge in [-0.2, -0.15) is 0 Å². The summed E-state index contributed by atoms with van der Waals surface area (Å²) in [5.74, 6) is 0.395. The van der Waals surface area contributed by atoms with Gasteiger partial charge in [-0.1, -0.05) is 35.9 Å². The fourth-order valence-corrected chi connectivity index (χ4v) is 4.54. The summed E-state index contributed by atoms with van der Waals surface area (Å²) in [5, 5.41) is 6.04. The smallest absolute Gasteiger partial charge is 0.325 e. The Labute approximate surface area is 215 Å². The van der Waals surface area contributed by atoms with E-state index in [0.29, 0.717) is 36.1 Å². The Kier molecular flexibility index (Phi) is 8.25. The summed E-state index contributed by atoms with van der Waals surface area (Å²) in [6.07, 6.45) is 6.13. The van der Waals surface area contributed by atoms with E-state index in [9.17, 15) is 14.4 Å². The molecule has 9 heteroatoms. The molecule has 1 aromatic heterocycles. The van der Waals surface area contributed by atoms with Crippen molar-refractivity contribution in [2.75, 3.05) is 20.8 Å². The van der Waals surface area contributed by atoms with Crippen molar-refractivity contribution in [2.45, 2.75) is 50.5 Å². The minimum atomic E-state index is -0.501. The highest BCUT2D eigenvalue weighted by Gasteiger charge is 2.28. The Morgan fingerprint density at radius 2 is 2.00 bits per heavy atom. The fraction of sp³-hybridized carbons (Fsp3) is 0.407. The molecule has 0 bridgehead atoms. The number of hydrogen-bond donors (Lipinski definition) is 2. The molecule has 1 aromatic carbocycles. The van der Waals surface area contributed by atoms with Crippen LogP contribution >= 0.6 is 11.6 Å². The monoisotopic (exact) mass is 511 g/mol. The van der Waals surface area contributed by atoms with Crippen molar-refractivity contribution in [3.05, 3.63) is 63.8 Å². The molecule has 8 nitrogen and oxygen atoms in total. The van der Waals surface area contributed by atoms with Gasteiger partial charge in [0.25, 0.3) is 0 Å². The quantitative estimate of drug-likeness (QED) is 0.472. The van der Waals surface area contributed by atoms with Crippen LogP contribution in [0.15, 0.2) is 36.4 Å². The van der Waals surface area contributed by atoms with Crippen LogP contribution < -0.4 is 15.4 Å². The molecule has 36 heavy (non-hydrogen) atoms. The molecular weight excluding hydrogens is 482 g/mol. The number of ether oxygens (including phenoxy) is 2. The molecule has 1 atom stereocenters. The first kappa shape index (κ1) is 25.7. The normalized spacial score (nSPS) is 17.5. The van der Waals surface area contributed by atoms with Crippen LogP contribution in [0, 0.1) is 0 Å². The average Bonchev–Trinajstić information content (AvgIpc) is 3.65. The second kappa shape index (κ2) is 11.6. The number of nitrogens with zero attached hydrogens (tertiary/aromatic N) is 1. The van der Waals surface area contributed by atoms with Crippen molar-refractivity contribution in [3.8, 4) is 5.88 Å². The van der Waals surface area contributed by atoms with Crippen LogP contribution in [-0.2, 0) is 25.5 Å². The van der Waals surface area contributed by atoms with Crippen LogP contribution in [0.2, 0.25) is 5.02 Å². The third kappa shape index (κ3) is 6.43. The van der Waals surface area contributed by atoms with Gasteiger partial charge in [-0.3, -0.25) is 14.4 Å². The van der Waals surface area contributed by atoms with E-state index in [1.54, 1.807) is 7.11 Å². The number of nitrogens with one attached hydrogen (secondary N) is 2. The molecule has 190 valence electrons. The summed E-state index contributed by atoms with van der Waals surface area (Å²) in [6, 6.07) is 9.66. The van der Waals surface area contributed by atoms with Gasteiger partial charge in [-0.05, 0) is 54.9 Å². The second-order valence-electron chi connectivity index (χ2n) is 9.02. The molecule has 1 aliphatic carbocycles. The van der Waals surface area contributed by atoms with Gasteiger partial charge < -0.3 is 20.1 Å². The molecule has 1 saturated carbocycles. The Bertz CT molecular complexity index is 1190. The van der Waals surface area contributed by atoms with Gasteiger partial charge in [0.15, 0.2) is 0 Å². The Balaban J connectivity index is 1.57. The number of hydrogen-bond acceptors (Lipinski definition) is 6. The molecule has 2 fully saturated rings. The maximum absolute atomic E-state index is 12.0. The molecule has 2 amide bonds. The molecule has 2 heterocycles. The molecule has 0 spiro atoms. The Morgan fingerprint density at radius 1 is 1.19 bits per heavy atom. The first-order valence-electron chi connectivity index (χ1n) is 12.1. The van der Waals surface area contributed by atoms with Crippen molar-refractivity contribution in [1.82, 2.24) is 15.6 Å². The van der Waals surface area contributed by atoms with Crippen molar-refractivity contribution < 1.29 is 23.9 Å². The standard InChI is InChI=1S/C27H30ClN3O5/c1-35-26(34)15-29-24(32)11-7-17-5-6-18(13-22(17)28)21(14-19-8-12-25(33)30-19)23-10-9-20(16-3-4-16)27(31-23)36-2/h5-6,9-10,13-14,16,19H,3-4,7-8,11-12,15H2,1-2H3,(H,29,32)(H,30,33)/b21-14+/t19-/m1/s1. The van der Waals surface area contributed by atoms with Crippen molar-refractivity contribution in [3.63, 3.8) is 0 Å². The van der Waals surface area contributed by atoms with Crippen LogP contribution in [0.4, 0.5) is 0 Å². The summed E-state index contributed by atoms with van der Waals surface area (Å²) >= 11 is 6.62. The molecule has 1 saturated heterocycles. The van der Waals surface area contributed by atoms with E-state index in [0.717, 1.165) is 40.8 Å². The lowest BCUT2D eigenvalue weighted by Gasteiger charge is -2.15. The van der Waals surface area contributed by atoms with Gasteiger partial charge in [0.05, 0.1) is 19.9 Å². The summed E-state index contributed by atoms with van der Waals surface area (Å²) in [6.45, 7) is -0.163. The zero-order valence-corrected chi connectivity index (χ0v) is 21.2. The number of aromatic nitrogens is 1. The van der Waals surface area contributed by atoms with E-state index in [4.69, 9.17) is 21.3 Å². The number of esters is 1. The third-order valence-corrected chi connectivity index (χ3v) is 6.77. The Hall–Kier alpha value is -3.39. The van der Waals surface area contributed by atoms with E-state index in [1.807, 2.05) is 30.3 Å². The minimum absolute atomic E-state index is 0.0316. The van der Waals surface area contributed by atoms with Crippen LogP contribution in [0.1, 0.15) is 60.4 Å². The van der Waals surface area contributed by atoms with Gasteiger partial charge in [-0.15, -0.1) is 0 Å². The summed E-state index contributed by atoms with van der Waals surface area (Å²) < 4.78 is 10.1. The number of rotatable bonds is 10. The zero-order valence-electron chi connectivity index (χ0n) is 20.4. The molecule has 0 radical (unpaired) electrons. The minimum Gasteiger partial charge on any atom is -0.481 e. The van der Waals surface area contributed by atoms with Gasteiger partial charge in [-0.25, -0.2) is 4.98 Å². The third-order valence-electron chi connectivity index (χ3n) is 6.42. The van der Waals surface area contributed by atoms with E-state index in [1.165, 1.54) is 7.11 Å². The van der Waals surface area contributed by atoms with E-state index in [2.05, 4.69) is 21.4 Å². The highest BCUT2D eigenvalue weighted by Crippen LogP contribution is 2.44. The maximum Gasteiger partial charge on any atom is 0.325 e. The number of halogens is 1. The SMILES string of the molecule is COC(=O)CNC(=O)CCc1ccc(/C(=C\[C@H]2CCC(=O)N2)c2ccc(C3CC3)c(OC)n2)cc1Cl. The lowest BCUT2D eigenvalue weighted by atomic mass is 9.96. The number of benzene rings is 1. The molecule has 2 aliphatic rings. The first-order chi connectivity index (χ1) is 17.4. The average molecular weight is 512 g/mol. The highest BCUT2D eigenvalue weighted by molar-refractivity contribution is 6.31. The molecule has 2 aromatic rings. The number of pyridine rings is 1. The summed E-state index contributed by atoms with van der Waals surface area (Å²) in [5.41, 5.74) is 4.38. The van der Waals surface area contributed by atoms with E-state index < -0.39 is 5.97 Å². The van der Waals surface area contributed by atoms with Crippen LogP contribution in [0.5, 0.6) is 5.88 Å². The van der Waals surface area contributed by atoms with Crippen LogP contribution in [0.25, 0.3) is 5.57 Å². The first-order valence-corrected chi connectivity index (χ1v) is 12.4. The largest absolute Gasteiger partial charge is 0.481 e. The zero-order chi connectivity index (χ0) is 25.7. The molecule has 2 N–H and O–H groups in total. The van der Waals surface area contributed by atoms with E-state index >= 15 is 0 Å². The van der Waals surface area contributed by atoms with Crippen molar-refractivity contribution in [2.24, 2.45) is 0 Å². The van der Waals surface area contributed by atoms with Crippen molar-refractivity contribution >= 4 is 35.0 Å².